The summed E-state index contributed by atoms with van der Waals surface area (Å²) in [4.78, 5) is 0. The first kappa shape index (κ1) is 14.3. The minimum absolute atomic E-state index is 0.473. The van der Waals surface area contributed by atoms with Gasteiger partial charge in [-0.05, 0) is 30.4 Å². The van der Waals surface area contributed by atoms with Crippen LogP contribution in [0.4, 0.5) is 0 Å². The first-order valence-corrected chi connectivity index (χ1v) is 7.92. The van der Waals surface area contributed by atoms with Gasteiger partial charge in [-0.15, -0.1) is 5.10 Å². The van der Waals surface area contributed by atoms with E-state index in [9.17, 15) is 0 Å². The average molecular weight is 284 g/mol. The smallest absolute Gasteiger partial charge is 0.0964 e. The van der Waals surface area contributed by atoms with E-state index in [0.29, 0.717) is 12.0 Å². The number of fused-ring (bicyclic) bond motifs is 1. The van der Waals surface area contributed by atoms with Crippen molar-refractivity contribution >= 4 is 0 Å². The lowest BCUT2D eigenvalue weighted by Crippen LogP contribution is -2.22. The van der Waals surface area contributed by atoms with Crippen LogP contribution in [0.25, 0.3) is 0 Å². The summed E-state index contributed by atoms with van der Waals surface area (Å²) in [6.07, 6.45) is 5.81. The molecule has 1 aliphatic rings. The number of nitrogens with zero attached hydrogens (tertiary/aromatic N) is 3. The van der Waals surface area contributed by atoms with E-state index in [-0.39, 0.29) is 0 Å². The Balaban J connectivity index is 1.67. The third kappa shape index (κ3) is 3.50. The Bertz CT molecular complexity index is 588. The minimum atomic E-state index is 0.473. The molecule has 1 aliphatic carbocycles. The maximum atomic E-state index is 4.29. The van der Waals surface area contributed by atoms with E-state index in [1.54, 1.807) is 0 Å². The molecule has 0 bridgehead atoms. The molecule has 1 N–H and O–H groups in total. The van der Waals surface area contributed by atoms with Gasteiger partial charge in [0.05, 0.1) is 5.69 Å². The van der Waals surface area contributed by atoms with Gasteiger partial charge in [-0.1, -0.05) is 43.3 Å². The Labute approximate surface area is 126 Å². The molecule has 1 atom stereocenters. The average Bonchev–Trinajstić information content (AvgIpc) is 2.93. The Morgan fingerprint density at radius 3 is 3.05 bits per heavy atom. The van der Waals surface area contributed by atoms with E-state index in [1.807, 2.05) is 4.68 Å². The zero-order chi connectivity index (χ0) is 14.7. The second kappa shape index (κ2) is 6.39. The quantitative estimate of drug-likeness (QED) is 0.918. The Morgan fingerprint density at radius 1 is 1.33 bits per heavy atom. The number of rotatable bonds is 5. The van der Waals surface area contributed by atoms with E-state index in [4.69, 9.17) is 0 Å². The highest BCUT2D eigenvalue weighted by Gasteiger charge is 2.20. The van der Waals surface area contributed by atoms with Crippen LogP contribution in [0, 0.1) is 0 Å². The van der Waals surface area contributed by atoms with Gasteiger partial charge in [-0.3, -0.25) is 4.68 Å². The van der Waals surface area contributed by atoms with Crippen molar-refractivity contribution in [3.63, 3.8) is 0 Å². The summed E-state index contributed by atoms with van der Waals surface area (Å²) in [5, 5.41) is 11.9. The molecule has 0 saturated carbocycles. The number of aromatic nitrogens is 3. The molecule has 0 aliphatic heterocycles. The van der Waals surface area contributed by atoms with Gasteiger partial charge in [-0.2, -0.15) is 0 Å². The molecule has 112 valence electrons. The zero-order valence-corrected chi connectivity index (χ0v) is 12.9. The summed E-state index contributed by atoms with van der Waals surface area (Å²) in [5.41, 5.74) is 4.03. The number of aryl methyl sites for hydroxylation is 1. The lowest BCUT2D eigenvalue weighted by atomic mass is 9.83. The van der Waals surface area contributed by atoms with E-state index >= 15 is 0 Å². The summed E-state index contributed by atoms with van der Waals surface area (Å²) in [7, 11) is 0. The molecule has 4 heteroatoms. The highest BCUT2D eigenvalue weighted by molar-refractivity contribution is 5.32. The van der Waals surface area contributed by atoms with Crippen molar-refractivity contribution in [2.24, 2.45) is 0 Å². The van der Waals surface area contributed by atoms with Crippen molar-refractivity contribution < 1.29 is 0 Å². The molecule has 1 unspecified atom stereocenters. The molecule has 0 saturated heterocycles. The number of nitrogens with one attached hydrogen (secondary N) is 1. The topological polar surface area (TPSA) is 42.7 Å². The van der Waals surface area contributed by atoms with E-state index in [0.717, 1.165) is 18.8 Å². The van der Waals surface area contributed by atoms with Crippen molar-refractivity contribution in [3.05, 3.63) is 47.3 Å². The van der Waals surface area contributed by atoms with Gasteiger partial charge < -0.3 is 5.32 Å². The van der Waals surface area contributed by atoms with Crippen molar-refractivity contribution in [1.29, 1.82) is 0 Å². The molecule has 1 aromatic carbocycles. The fraction of sp³-hybridized carbons (Fsp3) is 0.529. The predicted octanol–water partition coefficient (Wildman–Crippen LogP) is 2.90. The molecule has 0 amide bonds. The molecular weight excluding hydrogens is 260 g/mol. The maximum absolute atomic E-state index is 4.29. The van der Waals surface area contributed by atoms with Crippen molar-refractivity contribution in [2.45, 2.75) is 58.2 Å². The fourth-order valence-electron chi connectivity index (χ4n) is 3.09. The van der Waals surface area contributed by atoms with Crippen LogP contribution < -0.4 is 5.32 Å². The lowest BCUT2D eigenvalue weighted by molar-refractivity contribution is 0.449. The molecule has 0 radical (unpaired) electrons. The first-order chi connectivity index (χ1) is 10.2. The molecule has 1 aromatic heterocycles. The van der Waals surface area contributed by atoms with Gasteiger partial charge in [0.2, 0.25) is 0 Å². The number of hydrogen-bond donors (Lipinski definition) is 1. The van der Waals surface area contributed by atoms with Gasteiger partial charge in [0.1, 0.15) is 0 Å². The lowest BCUT2D eigenvalue weighted by Gasteiger charge is -2.25. The molecule has 4 nitrogen and oxygen atoms in total. The molecule has 0 spiro atoms. The zero-order valence-electron chi connectivity index (χ0n) is 12.9. The van der Waals surface area contributed by atoms with Crippen LogP contribution in [0.1, 0.15) is 49.4 Å². The predicted molar refractivity (Wildman–Crippen MR) is 84.1 cm³/mol. The summed E-state index contributed by atoms with van der Waals surface area (Å²) in [5.74, 6) is 0.572. The molecule has 2 aromatic rings. The highest BCUT2D eigenvalue weighted by Crippen LogP contribution is 2.32. The SMILES string of the molecule is CC(C)NCc1cn(CC2CCCc3ccccc32)nn1. The first-order valence-electron chi connectivity index (χ1n) is 7.92. The maximum Gasteiger partial charge on any atom is 0.0964 e. The van der Waals surface area contributed by atoms with Crippen LogP contribution in [0.2, 0.25) is 0 Å². The second-order valence-electron chi connectivity index (χ2n) is 6.26. The summed E-state index contributed by atoms with van der Waals surface area (Å²) in [6.45, 7) is 6.01. The van der Waals surface area contributed by atoms with Gasteiger partial charge in [-0.25, -0.2) is 0 Å². The third-order valence-corrected chi connectivity index (χ3v) is 4.18. The van der Waals surface area contributed by atoms with Crippen LogP contribution in [0.3, 0.4) is 0 Å². The normalized spacial score (nSPS) is 18.0. The molecule has 3 rings (SSSR count). The Morgan fingerprint density at radius 2 is 2.19 bits per heavy atom. The minimum Gasteiger partial charge on any atom is -0.309 e. The van der Waals surface area contributed by atoms with Crippen LogP contribution in [-0.4, -0.2) is 21.0 Å². The molecule has 21 heavy (non-hydrogen) atoms. The molecule has 0 fully saturated rings. The third-order valence-electron chi connectivity index (χ3n) is 4.18. The molecule has 1 heterocycles. The Kier molecular flexibility index (Phi) is 4.34. The van der Waals surface area contributed by atoms with Crippen LogP contribution >= 0.6 is 0 Å². The molecular formula is C17H24N4. The van der Waals surface area contributed by atoms with E-state index < -0.39 is 0 Å². The number of benzene rings is 1. The monoisotopic (exact) mass is 284 g/mol. The van der Waals surface area contributed by atoms with Crippen molar-refractivity contribution in [1.82, 2.24) is 20.3 Å². The van der Waals surface area contributed by atoms with Crippen LogP contribution in [0.15, 0.2) is 30.5 Å². The summed E-state index contributed by atoms with van der Waals surface area (Å²) >= 11 is 0. The van der Waals surface area contributed by atoms with Crippen LogP contribution in [-0.2, 0) is 19.5 Å². The van der Waals surface area contributed by atoms with E-state index in [1.165, 1.54) is 30.4 Å². The highest BCUT2D eigenvalue weighted by atomic mass is 15.4. The summed E-state index contributed by atoms with van der Waals surface area (Å²) < 4.78 is 2.00. The largest absolute Gasteiger partial charge is 0.309 e. The number of hydrogen-bond acceptors (Lipinski definition) is 3. The fourth-order valence-corrected chi connectivity index (χ4v) is 3.09. The second-order valence-corrected chi connectivity index (χ2v) is 6.26. The van der Waals surface area contributed by atoms with Gasteiger partial charge in [0.25, 0.3) is 0 Å². The van der Waals surface area contributed by atoms with Crippen molar-refractivity contribution in [2.75, 3.05) is 0 Å². The summed E-state index contributed by atoms with van der Waals surface area (Å²) in [6, 6.07) is 9.31. The standard InChI is InChI=1S/C17H24N4/c1-13(2)18-10-16-12-21(20-19-16)11-15-8-5-7-14-6-3-4-9-17(14)15/h3-4,6,9,12-13,15,18H,5,7-8,10-11H2,1-2H3. The van der Waals surface area contributed by atoms with Gasteiger partial charge >= 0.3 is 0 Å². The van der Waals surface area contributed by atoms with Crippen LogP contribution in [0.5, 0.6) is 0 Å². The van der Waals surface area contributed by atoms with E-state index in [2.05, 4.69) is 59.9 Å². The van der Waals surface area contributed by atoms with Gasteiger partial charge in [0.15, 0.2) is 0 Å². The Hall–Kier alpha value is -1.68. The van der Waals surface area contributed by atoms with Gasteiger partial charge in [0, 0.05) is 31.2 Å². The van der Waals surface area contributed by atoms with Crippen molar-refractivity contribution in [3.8, 4) is 0 Å².